The van der Waals surface area contributed by atoms with Crippen molar-refractivity contribution < 1.29 is 23.0 Å². The van der Waals surface area contributed by atoms with Crippen molar-refractivity contribution in [1.82, 2.24) is 9.97 Å². The minimum atomic E-state index is -4.83. The average molecular weight is 407 g/mol. The van der Waals surface area contributed by atoms with Crippen LogP contribution in [0.1, 0.15) is 0 Å². The average Bonchev–Trinajstić information content (AvgIpc) is 2.93. The van der Waals surface area contributed by atoms with Crippen LogP contribution in [0, 0.1) is 0 Å². The maximum Gasteiger partial charge on any atom is 0.573 e. The molecule has 0 aliphatic rings. The van der Waals surface area contributed by atoms with Crippen molar-refractivity contribution in [3.63, 3.8) is 0 Å². The third-order valence-electron chi connectivity index (χ3n) is 3.90. The smallest absolute Gasteiger partial charge is 0.493 e. The Labute approximate surface area is 160 Å². The maximum atomic E-state index is 12.5. The van der Waals surface area contributed by atoms with E-state index in [1.807, 2.05) is 0 Å². The van der Waals surface area contributed by atoms with Crippen LogP contribution in [0.15, 0.2) is 58.9 Å². The van der Waals surface area contributed by atoms with Gasteiger partial charge in [0.15, 0.2) is 5.69 Å². The van der Waals surface area contributed by atoms with Crippen LogP contribution in [0.25, 0.3) is 21.8 Å². The van der Waals surface area contributed by atoms with Crippen LogP contribution in [-0.4, -0.2) is 21.4 Å². The lowest BCUT2D eigenvalue weighted by molar-refractivity contribution is -0.274. The van der Waals surface area contributed by atoms with Gasteiger partial charge in [0.05, 0.1) is 16.7 Å². The van der Waals surface area contributed by atoms with Gasteiger partial charge >= 0.3 is 6.36 Å². The molecule has 0 atom stereocenters. The molecule has 0 radical (unpaired) electrons. The van der Waals surface area contributed by atoms with Crippen molar-refractivity contribution in [3.8, 4) is 11.6 Å². The van der Waals surface area contributed by atoms with Crippen molar-refractivity contribution in [2.45, 2.75) is 6.36 Å². The molecule has 0 fully saturated rings. The first-order valence-electron chi connectivity index (χ1n) is 7.86. The van der Waals surface area contributed by atoms with E-state index < -0.39 is 12.1 Å². The number of nitrogens with zero attached hydrogens (tertiary/aromatic N) is 3. The summed E-state index contributed by atoms with van der Waals surface area (Å²) in [6, 6.07) is 10.3. The third-order valence-corrected chi connectivity index (χ3v) is 4.13. The summed E-state index contributed by atoms with van der Waals surface area (Å²) in [5.41, 5.74) is 1.43. The van der Waals surface area contributed by atoms with Crippen molar-refractivity contribution >= 4 is 44.8 Å². The highest BCUT2D eigenvalue weighted by Crippen LogP contribution is 2.39. The number of H-pyrrole nitrogens is 1. The minimum Gasteiger partial charge on any atom is -0.493 e. The van der Waals surface area contributed by atoms with E-state index in [4.69, 9.17) is 11.6 Å². The zero-order valence-electron chi connectivity index (χ0n) is 13.8. The van der Waals surface area contributed by atoms with Gasteiger partial charge in [0.1, 0.15) is 5.75 Å². The highest BCUT2D eigenvalue weighted by Gasteiger charge is 2.31. The van der Waals surface area contributed by atoms with Gasteiger partial charge in [-0.05, 0) is 42.5 Å². The molecule has 10 heteroatoms. The van der Waals surface area contributed by atoms with E-state index in [0.29, 0.717) is 27.1 Å². The number of azo groups is 1. The number of aromatic amines is 1. The molecule has 28 heavy (non-hydrogen) atoms. The number of benzene rings is 2. The molecule has 0 saturated carbocycles. The molecule has 0 bridgehead atoms. The molecule has 2 aromatic heterocycles. The number of rotatable bonds is 3. The molecule has 0 unspecified atom stereocenters. The molecule has 0 aliphatic heterocycles. The van der Waals surface area contributed by atoms with Gasteiger partial charge in [0, 0.05) is 22.0 Å². The first-order chi connectivity index (χ1) is 13.3. The van der Waals surface area contributed by atoms with E-state index in [0.717, 1.165) is 12.1 Å². The molecule has 0 spiro atoms. The first-order valence-corrected chi connectivity index (χ1v) is 8.24. The van der Waals surface area contributed by atoms with Crippen LogP contribution >= 0.6 is 11.6 Å². The van der Waals surface area contributed by atoms with Crippen LogP contribution in [-0.2, 0) is 0 Å². The van der Waals surface area contributed by atoms with Crippen LogP contribution in [0.5, 0.6) is 11.6 Å². The number of halogens is 4. The standard InChI is InChI=1S/C18H10ClF3N4O2/c19-9-1-3-11-14(5-6-23-15(11)7-9)25-26-16-12-8-10(28-18(20,21)22)2-4-13(12)24-17(16)27/h1-8,24,27H. The van der Waals surface area contributed by atoms with E-state index in [9.17, 15) is 18.3 Å². The Morgan fingerprint density at radius 3 is 2.64 bits per heavy atom. The second kappa shape index (κ2) is 6.68. The fraction of sp³-hybridized carbons (Fsp3) is 0.0556. The summed E-state index contributed by atoms with van der Waals surface area (Å²) in [7, 11) is 0. The predicted molar refractivity (Wildman–Crippen MR) is 97.6 cm³/mol. The number of hydrogen-bond acceptors (Lipinski definition) is 5. The molecular formula is C18H10ClF3N4O2. The molecule has 4 rings (SSSR count). The summed E-state index contributed by atoms with van der Waals surface area (Å²) in [4.78, 5) is 6.83. The van der Waals surface area contributed by atoms with E-state index >= 15 is 0 Å². The number of hydrogen-bond donors (Lipinski definition) is 2. The lowest BCUT2D eigenvalue weighted by atomic mass is 10.2. The zero-order valence-corrected chi connectivity index (χ0v) is 14.6. The topological polar surface area (TPSA) is 82.9 Å². The largest absolute Gasteiger partial charge is 0.573 e. The first kappa shape index (κ1) is 18.1. The summed E-state index contributed by atoms with van der Waals surface area (Å²) in [5, 5.41) is 19.6. The van der Waals surface area contributed by atoms with Crippen LogP contribution in [0.3, 0.4) is 0 Å². The molecule has 2 aromatic carbocycles. The van der Waals surface area contributed by atoms with E-state index in [2.05, 4.69) is 24.9 Å². The molecule has 4 aromatic rings. The molecule has 2 heterocycles. The third kappa shape index (κ3) is 3.56. The summed E-state index contributed by atoms with van der Waals surface area (Å²) in [6.07, 6.45) is -3.30. The van der Waals surface area contributed by atoms with E-state index in [1.54, 1.807) is 24.3 Å². The Hall–Kier alpha value is -3.33. The van der Waals surface area contributed by atoms with Gasteiger partial charge < -0.3 is 14.8 Å². The summed E-state index contributed by atoms with van der Waals surface area (Å²) in [5.74, 6) is -0.760. The predicted octanol–water partition coefficient (Wildman–Crippen LogP) is 6.39. The number of fused-ring (bicyclic) bond motifs is 2. The molecule has 142 valence electrons. The van der Waals surface area contributed by atoms with Crippen molar-refractivity contribution in [1.29, 1.82) is 0 Å². The Balaban J connectivity index is 1.77. The number of alkyl halides is 3. The SMILES string of the molecule is Oc1[nH]c2ccc(OC(F)(F)F)cc2c1N=Nc1ccnc2cc(Cl)ccc12. The van der Waals surface area contributed by atoms with Crippen LogP contribution in [0.2, 0.25) is 5.02 Å². The number of pyridine rings is 1. The Bertz CT molecular complexity index is 1220. The molecule has 0 amide bonds. The van der Waals surface area contributed by atoms with E-state index in [1.165, 1.54) is 12.3 Å². The Kier molecular flexibility index (Phi) is 4.31. The van der Waals surface area contributed by atoms with Crippen molar-refractivity contribution in [2.24, 2.45) is 10.2 Å². The minimum absolute atomic E-state index is 0.0125. The number of aromatic nitrogens is 2. The van der Waals surface area contributed by atoms with Gasteiger partial charge in [0.25, 0.3) is 0 Å². The quantitative estimate of drug-likeness (QED) is 0.387. The highest BCUT2D eigenvalue weighted by molar-refractivity contribution is 6.31. The van der Waals surface area contributed by atoms with Gasteiger partial charge in [-0.2, -0.15) is 0 Å². The maximum absolute atomic E-state index is 12.5. The number of ether oxygens (including phenoxy) is 1. The monoisotopic (exact) mass is 406 g/mol. The normalized spacial score (nSPS) is 12.3. The van der Waals surface area contributed by atoms with Crippen LogP contribution in [0.4, 0.5) is 24.5 Å². The summed E-state index contributed by atoms with van der Waals surface area (Å²) >= 11 is 5.95. The molecule has 0 saturated heterocycles. The molecular weight excluding hydrogens is 397 g/mol. The zero-order chi connectivity index (χ0) is 19.9. The number of aromatic hydroxyl groups is 1. The van der Waals surface area contributed by atoms with Gasteiger partial charge in [-0.25, -0.2) is 0 Å². The summed E-state index contributed by atoms with van der Waals surface area (Å²) < 4.78 is 41.3. The molecule has 6 nitrogen and oxygen atoms in total. The fourth-order valence-electron chi connectivity index (χ4n) is 2.74. The fourth-order valence-corrected chi connectivity index (χ4v) is 2.90. The molecule has 2 N–H and O–H groups in total. The Morgan fingerprint density at radius 2 is 1.86 bits per heavy atom. The highest BCUT2D eigenvalue weighted by atomic mass is 35.5. The molecule has 0 aliphatic carbocycles. The lowest BCUT2D eigenvalue weighted by Gasteiger charge is -2.08. The van der Waals surface area contributed by atoms with Gasteiger partial charge in [0.2, 0.25) is 5.88 Å². The second-order valence-corrected chi connectivity index (χ2v) is 6.21. The Morgan fingerprint density at radius 1 is 1.04 bits per heavy atom. The van der Waals surface area contributed by atoms with Crippen molar-refractivity contribution in [3.05, 3.63) is 53.7 Å². The van der Waals surface area contributed by atoms with Crippen LogP contribution < -0.4 is 4.74 Å². The van der Waals surface area contributed by atoms with E-state index in [-0.39, 0.29) is 17.0 Å². The van der Waals surface area contributed by atoms with Crippen molar-refractivity contribution in [2.75, 3.05) is 0 Å². The number of nitrogens with one attached hydrogen (secondary N) is 1. The lowest BCUT2D eigenvalue weighted by Crippen LogP contribution is -2.16. The van der Waals surface area contributed by atoms with Gasteiger partial charge in [-0.1, -0.05) is 11.6 Å². The van der Waals surface area contributed by atoms with Gasteiger partial charge in [-0.15, -0.1) is 23.4 Å². The van der Waals surface area contributed by atoms with Gasteiger partial charge in [-0.3, -0.25) is 4.98 Å². The second-order valence-electron chi connectivity index (χ2n) is 5.77. The summed E-state index contributed by atoms with van der Waals surface area (Å²) in [6.45, 7) is 0.